The van der Waals surface area contributed by atoms with Gasteiger partial charge in [-0.1, -0.05) is 42.5 Å². The van der Waals surface area contributed by atoms with E-state index >= 15 is 0 Å². The van der Waals surface area contributed by atoms with Gasteiger partial charge in [0.2, 0.25) is 5.89 Å². The zero-order chi connectivity index (χ0) is 16.1. The fraction of sp³-hybridized carbons (Fsp3) is 0.294. The van der Waals surface area contributed by atoms with Crippen molar-refractivity contribution in [2.75, 3.05) is 6.61 Å². The molecule has 1 heterocycles. The van der Waals surface area contributed by atoms with Gasteiger partial charge in [-0.25, -0.2) is 9.78 Å². The molecular weight excluding hydrogens is 294 g/mol. The maximum absolute atomic E-state index is 11.9. The fourth-order valence-corrected chi connectivity index (χ4v) is 2.52. The summed E-state index contributed by atoms with van der Waals surface area (Å²) >= 11 is 0. The molecule has 1 aromatic heterocycles. The quantitative estimate of drug-likeness (QED) is 0.738. The second kappa shape index (κ2) is 7.11. The minimum atomic E-state index is -0.280. The molecular formula is C17H19N3O3. The highest BCUT2D eigenvalue weighted by molar-refractivity contribution is 5.74. The molecule has 2 aromatic rings. The maximum atomic E-state index is 11.9. The molecule has 0 unspecified atom stereocenters. The van der Waals surface area contributed by atoms with Crippen LogP contribution in [0.3, 0.4) is 0 Å². The van der Waals surface area contributed by atoms with Crippen LogP contribution in [-0.4, -0.2) is 28.8 Å². The van der Waals surface area contributed by atoms with Crippen LogP contribution in [0.25, 0.3) is 11.3 Å². The molecule has 1 aromatic carbocycles. The Balaban J connectivity index is 1.48. The van der Waals surface area contributed by atoms with Crippen LogP contribution in [0.2, 0.25) is 0 Å². The molecule has 3 N–H and O–H groups in total. The van der Waals surface area contributed by atoms with E-state index in [1.54, 1.807) is 6.20 Å². The van der Waals surface area contributed by atoms with E-state index in [2.05, 4.69) is 15.6 Å². The number of hydrogen-bond donors (Lipinski definition) is 3. The number of carbonyl (C=O) groups excluding carboxylic acids is 1. The predicted octanol–water partition coefficient (Wildman–Crippen LogP) is 2.08. The molecule has 1 aliphatic carbocycles. The van der Waals surface area contributed by atoms with Crippen LogP contribution in [-0.2, 0) is 6.54 Å². The first-order valence-corrected chi connectivity index (χ1v) is 7.58. The largest absolute Gasteiger partial charge is 0.439 e. The summed E-state index contributed by atoms with van der Waals surface area (Å²) in [5.74, 6) is 1.25. The van der Waals surface area contributed by atoms with Crippen molar-refractivity contribution >= 4 is 6.03 Å². The Labute approximate surface area is 134 Å². The van der Waals surface area contributed by atoms with Crippen molar-refractivity contribution in [1.82, 2.24) is 15.6 Å². The summed E-state index contributed by atoms with van der Waals surface area (Å²) in [5, 5.41) is 14.6. The van der Waals surface area contributed by atoms with Crippen molar-refractivity contribution in [1.29, 1.82) is 0 Å². The summed E-state index contributed by atoms with van der Waals surface area (Å²) in [6.07, 6.45) is 6.20. The smallest absolute Gasteiger partial charge is 0.315 e. The van der Waals surface area contributed by atoms with Gasteiger partial charge in [0.1, 0.15) is 0 Å². The van der Waals surface area contributed by atoms with E-state index in [0.29, 0.717) is 11.7 Å². The first-order valence-electron chi connectivity index (χ1n) is 7.58. The minimum absolute atomic E-state index is 0.0448. The van der Waals surface area contributed by atoms with Crippen LogP contribution in [0, 0.1) is 5.92 Å². The van der Waals surface area contributed by atoms with Crippen LogP contribution in [0.1, 0.15) is 12.3 Å². The number of nitrogens with one attached hydrogen (secondary N) is 2. The summed E-state index contributed by atoms with van der Waals surface area (Å²) in [5.41, 5.74) is 0.946. The van der Waals surface area contributed by atoms with Gasteiger partial charge in [-0.15, -0.1) is 0 Å². The zero-order valence-electron chi connectivity index (χ0n) is 12.6. The molecule has 0 fully saturated rings. The van der Waals surface area contributed by atoms with Crippen molar-refractivity contribution in [2.45, 2.75) is 19.0 Å². The van der Waals surface area contributed by atoms with Crippen molar-refractivity contribution in [3.05, 3.63) is 54.6 Å². The van der Waals surface area contributed by atoms with Gasteiger partial charge in [0.05, 0.1) is 12.7 Å². The number of urea groups is 1. The van der Waals surface area contributed by atoms with E-state index < -0.39 is 0 Å². The number of hydrogen-bond acceptors (Lipinski definition) is 4. The number of benzene rings is 1. The number of aliphatic hydroxyl groups is 1. The Morgan fingerprint density at radius 3 is 2.87 bits per heavy atom. The average molecular weight is 313 g/mol. The Hall–Kier alpha value is -2.60. The highest BCUT2D eigenvalue weighted by atomic mass is 16.4. The number of rotatable bonds is 5. The van der Waals surface area contributed by atoms with Gasteiger partial charge >= 0.3 is 6.03 Å². The SMILES string of the molecule is O=C(NCc1ncc(-c2ccccc2)o1)N[C@@H]1C=C[C@H](CO)C1. The van der Waals surface area contributed by atoms with Gasteiger partial charge in [-0.05, 0) is 6.42 Å². The van der Waals surface area contributed by atoms with E-state index in [1.165, 1.54) is 0 Å². The van der Waals surface area contributed by atoms with Gasteiger partial charge in [-0.3, -0.25) is 0 Å². The predicted molar refractivity (Wildman–Crippen MR) is 85.4 cm³/mol. The number of oxazole rings is 1. The molecule has 6 heteroatoms. The molecule has 0 saturated heterocycles. The molecule has 2 amide bonds. The molecule has 6 nitrogen and oxygen atoms in total. The second-order valence-electron chi connectivity index (χ2n) is 5.48. The minimum Gasteiger partial charge on any atom is -0.439 e. The van der Waals surface area contributed by atoms with Gasteiger partial charge in [0.25, 0.3) is 0 Å². The van der Waals surface area contributed by atoms with E-state index in [1.807, 2.05) is 42.5 Å². The van der Waals surface area contributed by atoms with Crippen LogP contribution in [0.5, 0.6) is 0 Å². The standard InChI is InChI=1S/C17H19N3O3/c21-11-12-6-7-14(8-12)20-17(22)19-10-16-18-9-15(23-16)13-4-2-1-3-5-13/h1-7,9,12,14,21H,8,10-11H2,(H2,19,20,22)/t12-,14+/m0/s1. The lowest BCUT2D eigenvalue weighted by atomic mass is 10.1. The Kier molecular flexibility index (Phi) is 4.73. The van der Waals surface area contributed by atoms with Crippen molar-refractivity contribution in [2.24, 2.45) is 5.92 Å². The van der Waals surface area contributed by atoms with Gasteiger partial charge in [-0.2, -0.15) is 0 Å². The van der Waals surface area contributed by atoms with Crippen molar-refractivity contribution in [3.8, 4) is 11.3 Å². The van der Waals surface area contributed by atoms with Gasteiger partial charge < -0.3 is 20.2 Å². The fourth-order valence-electron chi connectivity index (χ4n) is 2.52. The molecule has 1 aliphatic rings. The number of carbonyl (C=O) groups is 1. The normalized spacial score (nSPS) is 19.7. The Morgan fingerprint density at radius 2 is 2.13 bits per heavy atom. The molecule has 0 bridgehead atoms. The highest BCUT2D eigenvalue weighted by Crippen LogP contribution is 2.19. The van der Waals surface area contributed by atoms with Crippen LogP contribution < -0.4 is 10.6 Å². The third-order valence-corrected chi connectivity index (χ3v) is 3.74. The highest BCUT2D eigenvalue weighted by Gasteiger charge is 2.19. The summed E-state index contributed by atoms with van der Waals surface area (Å²) in [4.78, 5) is 16.0. The van der Waals surface area contributed by atoms with E-state index in [0.717, 1.165) is 12.0 Å². The molecule has 120 valence electrons. The van der Waals surface area contributed by atoms with Crippen LogP contribution >= 0.6 is 0 Å². The lowest BCUT2D eigenvalue weighted by Gasteiger charge is -2.12. The molecule has 0 spiro atoms. The molecule has 2 atom stereocenters. The number of aromatic nitrogens is 1. The first kappa shape index (κ1) is 15.3. The summed E-state index contributed by atoms with van der Waals surface area (Å²) in [6.45, 7) is 0.327. The topological polar surface area (TPSA) is 87.4 Å². The molecule has 0 radical (unpaired) electrons. The summed E-state index contributed by atoms with van der Waals surface area (Å²) in [6, 6.07) is 9.35. The Morgan fingerprint density at radius 1 is 1.30 bits per heavy atom. The lowest BCUT2D eigenvalue weighted by molar-refractivity contribution is 0.230. The maximum Gasteiger partial charge on any atom is 0.315 e. The van der Waals surface area contributed by atoms with Gasteiger partial charge in [0.15, 0.2) is 5.76 Å². The number of amides is 2. The summed E-state index contributed by atoms with van der Waals surface area (Å²) in [7, 11) is 0. The van der Waals surface area contributed by atoms with E-state index in [-0.39, 0.29) is 31.1 Å². The average Bonchev–Trinajstić information content (AvgIpc) is 3.23. The van der Waals surface area contributed by atoms with E-state index in [4.69, 9.17) is 9.52 Å². The van der Waals surface area contributed by atoms with E-state index in [9.17, 15) is 4.79 Å². The first-order chi connectivity index (χ1) is 11.2. The molecule has 0 saturated carbocycles. The third-order valence-electron chi connectivity index (χ3n) is 3.74. The number of aliphatic hydroxyl groups excluding tert-OH is 1. The zero-order valence-corrected chi connectivity index (χ0v) is 12.6. The molecule has 3 rings (SSSR count). The second-order valence-corrected chi connectivity index (χ2v) is 5.48. The Bertz CT molecular complexity index is 681. The third kappa shape index (κ3) is 3.98. The van der Waals surface area contributed by atoms with Gasteiger partial charge in [0, 0.05) is 24.1 Å². The van der Waals surface area contributed by atoms with Crippen LogP contribution in [0.15, 0.2) is 53.1 Å². The van der Waals surface area contributed by atoms with Crippen molar-refractivity contribution < 1.29 is 14.3 Å². The molecule has 0 aliphatic heterocycles. The van der Waals surface area contributed by atoms with Crippen LogP contribution in [0.4, 0.5) is 4.79 Å². The summed E-state index contributed by atoms with van der Waals surface area (Å²) < 4.78 is 5.62. The molecule has 23 heavy (non-hydrogen) atoms. The monoisotopic (exact) mass is 313 g/mol. The van der Waals surface area contributed by atoms with Crippen molar-refractivity contribution in [3.63, 3.8) is 0 Å². The number of nitrogens with zero attached hydrogens (tertiary/aromatic N) is 1. The lowest BCUT2D eigenvalue weighted by Crippen LogP contribution is -2.40.